The Bertz CT molecular complexity index is 671. The van der Waals surface area contributed by atoms with Gasteiger partial charge in [0.2, 0.25) is 0 Å². The van der Waals surface area contributed by atoms with E-state index < -0.39 is 5.97 Å². The molecule has 6 nitrogen and oxygen atoms in total. The molecule has 1 aromatic carbocycles. The third-order valence-electron chi connectivity index (χ3n) is 2.61. The maximum absolute atomic E-state index is 10.9. The predicted molar refractivity (Wildman–Crippen MR) is 76.5 cm³/mol. The third-order valence-corrected chi connectivity index (χ3v) is 2.86. The smallest absolute Gasteiger partial charge is 0.335 e. The van der Waals surface area contributed by atoms with Gasteiger partial charge in [-0.1, -0.05) is 16.8 Å². The molecule has 0 radical (unpaired) electrons. The van der Waals surface area contributed by atoms with Gasteiger partial charge in [-0.2, -0.15) is 0 Å². The van der Waals surface area contributed by atoms with Gasteiger partial charge in [0.1, 0.15) is 18.1 Å². The van der Waals surface area contributed by atoms with Gasteiger partial charge < -0.3 is 15.1 Å². The van der Waals surface area contributed by atoms with Crippen molar-refractivity contribution in [3.8, 4) is 5.75 Å². The largest absolute Gasteiger partial charge is 0.487 e. The number of hydrogen-bond acceptors (Lipinski definition) is 5. The molecule has 0 amide bonds. The summed E-state index contributed by atoms with van der Waals surface area (Å²) in [5.41, 5.74) is 0.395. The Balaban J connectivity index is 2.11. The van der Waals surface area contributed by atoms with E-state index in [1.165, 1.54) is 18.3 Å². The van der Waals surface area contributed by atoms with E-state index in [1.807, 2.05) is 0 Å². The second-order valence-electron chi connectivity index (χ2n) is 4.02. The lowest BCUT2D eigenvalue weighted by molar-refractivity contribution is 0.0696. The Hall–Kier alpha value is -2.60. The first-order valence-electron chi connectivity index (χ1n) is 5.89. The Morgan fingerprint density at radius 1 is 1.29 bits per heavy atom. The van der Waals surface area contributed by atoms with Gasteiger partial charge >= 0.3 is 5.97 Å². The molecular weight excluding hydrogens is 296 g/mol. The lowest BCUT2D eigenvalue weighted by Crippen LogP contribution is -2.15. The molecule has 0 aliphatic carbocycles. The van der Waals surface area contributed by atoms with Gasteiger partial charge in [0.25, 0.3) is 0 Å². The number of hydrogen-bond donors (Lipinski definition) is 2. The van der Waals surface area contributed by atoms with Crippen molar-refractivity contribution in [3.63, 3.8) is 0 Å². The molecule has 21 heavy (non-hydrogen) atoms. The third kappa shape index (κ3) is 3.93. The SMILES string of the molecule is O=C(O)c1ccnc(/C(COc2ccc(Cl)cc2)=N/O)c1. The number of oxime groups is 1. The van der Waals surface area contributed by atoms with E-state index in [0.29, 0.717) is 10.8 Å². The van der Waals surface area contributed by atoms with Crippen LogP contribution < -0.4 is 4.74 Å². The highest BCUT2D eigenvalue weighted by atomic mass is 35.5. The molecule has 0 unspecified atom stereocenters. The predicted octanol–water partition coefficient (Wildman–Crippen LogP) is 2.69. The molecule has 2 N–H and O–H groups in total. The van der Waals surface area contributed by atoms with Gasteiger partial charge in [-0.05, 0) is 36.4 Å². The number of carboxylic acids is 1. The quantitative estimate of drug-likeness (QED) is 0.503. The lowest BCUT2D eigenvalue weighted by atomic mass is 10.2. The molecule has 0 saturated heterocycles. The molecule has 0 spiro atoms. The average molecular weight is 307 g/mol. The van der Waals surface area contributed by atoms with Crippen LogP contribution in [0.5, 0.6) is 5.75 Å². The van der Waals surface area contributed by atoms with Crippen molar-refractivity contribution in [2.45, 2.75) is 0 Å². The van der Waals surface area contributed by atoms with E-state index >= 15 is 0 Å². The number of rotatable bonds is 5. The number of halogens is 1. The minimum atomic E-state index is -1.09. The number of carbonyl (C=O) groups is 1. The van der Waals surface area contributed by atoms with Crippen LogP contribution in [-0.4, -0.2) is 33.6 Å². The maximum Gasteiger partial charge on any atom is 0.335 e. The van der Waals surface area contributed by atoms with E-state index in [2.05, 4.69) is 10.1 Å². The number of ether oxygens (including phenoxy) is 1. The second kappa shape index (κ2) is 6.71. The molecule has 108 valence electrons. The number of aromatic nitrogens is 1. The zero-order chi connectivity index (χ0) is 15.2. The Kier molecular flexibility index (Phi) is 4.73. The highest BCUT2D eigenvalue weighted by Crippen LogP contribution is 2.16. The van der Waals surface area contributed by atoms with E-state index in [9.17, 15) is 4.79 Å². The van der Waals surface area contributed by atoms with Crippen LogP contribution in [0.15, 0.2) is 47.8 Å². The van der Waals surface area contributed by atoms with Gasteiger partial charge in [0.15, 0.2) is 0 Å². The van der Waals surface area contributed by atoms with Crippen molar-refractivity contribution < 1.29 is 19.8 Å². The zero-order valence-electron chi connectivity index (χ0n) is 10.7. The Labute approximate surface area is 125 Å². The van der Waals surface area contributed by atoms with Crippen LogP contribution in [-0.2, 0) is 0 Å². The Morgan fingerprint density at radius 2 is 2.00 bits per heavy atom. The maximum atomic E-state index is 10.9. The molecular formula is C14H11ClN2O4. The van der Waals surface area contributed by atoms with E-state index in [0.717, 1.165) is 0 Å². The molecule has 0 bridgehead atoms. The molecule has 1 aromatic heterocycles. The summed E-state index contributed by atoms with van der Waals surface area (Å²) in [6.45, 7) is -0.0613. The first-order chi connectivity index (χ1) is 10.1. The monoisotopic (exact) mass is 306 g/mol. The van der Waals surface area contributed by atoms with E-state index in [1.54, 1.807) is 24.3 Å². The zero-order valence-corrected chi connectivity index (χ0v) is 11.5. The topological polar surface area (TPSA) is 92.0 Å². The number of aromatic carboxylic acids is 1. The minimum Gasteiger partial charge on any atom is -0.487 e. The molecule has 0 aliphatic rings. The normalized spacial score (nSPS) is 11.2. The van der Waals surface area contributed by atoms with Crippen molar-refractivity contribution >= 4 is 23.3 Å². The first kappa shape index (κ1) is 14.8. The van der Waals surface area contributed by atoms with Crippen molar-refractivity contribution in [3.05, 3.63) is 58.9 Å². The van der Waals surface area contributed by atoms with Crippen molar-refractivity contribution in [2.75, 3.05) is 6.61 Å². The molecule has 1 heterocycles. The molecule has 0 fully saturated rings. The van der Waals surface area contributed by atoms with Gasteiger partial charge in [0, 0.05) is 11.2 Å². The summed E-state index contributed by atoms with van der Waals surface area (Å²) in [7, 11) is 0. The van der Waals surface area contributed by atoms with Crippen molar-refractivity contribution in [1.82, 2.24) is 4.98 Å². The van der Waals surface area contributed by atoms with E-state index in [-0.39, 0.29) is 23.6 Å². The highest BCUT2D eigenvalue weighted by Gasteiger charge is 2.11. The summed E-state index contributed by atoms with van der Waals surface area (Å²) in [4.78, 5) is 14.9. The minimum absolute atomic E-state index is 0.0487. The number of carboxylic acid groups (broad SMARTS) is 1. The van der Waals surface area contributed by atoms with Gasteiger partial charge in [0.05, 0.1) is 11.3 Å². The second-order valence-corrected chi connectivity index (χ2v) is 4.46. The first-order valence-corrected chi connectivity index (χ1v) is 6.27. The molecule has 0 aliphatic heterocycles. The summed E-state index contributed by atoms with van der Waals surface area (Å²) in [5, 5.41) is 21.6. The number of benzene rings is 1. The van der Waals surface area contributed by atoms with Crippen molar-refractivity contribution in [1.29, 1.82) is 0 Å². The molecule has 0 saturated carbocycles. The summed E-state index contributed by atoms with van der Waals surface area (Å²) in [5.74, 6) is -0.551. The fourth-order valence-electron chi connectivity index (χ4n) is 1.56. The van der Waals surface area contributed by atoms with Crippen LogP contribution in [0.3, 0.4) is 0 Å². The number of pyridine rings is 1. The van der Waals surface area contributed by atoms with Crippen LogP contribution >= 0.6 is 11.6 Å². The summed E-state index contributed by atoms with van der Waals surface area (Å²) in [6.07, 6.45) is 1.33. The van der Waals surface area contributed by atoms with Crippen LogP contribution in [0.2, 0.25) is 5.02 Å². The fraction of sp³-hybridized carbons (Fsp3) is 0.0714. The van der Waals surface area contributed by atoms with Crippen LogP contribution in [0.25, 0.3) is 0 Å². The van der Waals surface area contributed by atoms with Crippen LogP contribution in [0.1, 0.15) is 16.1 Å². The molecule has 2 aromatic rings. The fourth-order valence-corrected chi connectivity index (χ4v) is 1.68. The summed E-state index contributed by atoms with van der Waals surface area (Å²) < 4.78 is 5.43. The highest BCUT2D eigenvalue weighted by molar-refractivity contribution is 6.30. The molecule has 7 heteroatoms. The van der Waals surface area contributed by atoms with Crippen LogP contribution in [0.4, 0.5) is 0 Å². The van der Waals surface area contributed by atoms with E-state index in [4.69, 9.17) is 26.7 Å². The van der Waals surface area contributed by atoms with Gasteiger partial charge in [-0.25, -0.2) is 4.79 Å². The van der Waals surface area contributed by atoms with Crippen molar-refractivity contribution in [2.24, 2.45) is 5.16 Å². The molecule has 0 atom stereocenters. The summed E-state index contributed by atoms with van der Waals surface area (Å²) in [6, 6.07) is 9.31. The summed E-state index contributed by atoms with van der Waals surface area (Å²) >= 11 is 5.76. The average Bonchev–Trinajstić information content (AvgIpc) is 2.50. The molecule has 2 rings (SSSR count). The van der Waals surface area contributed by atoms with Gasteiger partial charge in [-0.3, -0.25) is 4.98 Å². The van der Waals surface area contributed by atoms with Crippen LogP contribution in [0, 0.1) is 0 Å². The standard InChI is InChI=1S/C14H11ClN2O4/c15-10-1-3-11(4-2-10)21-8-13(17-20)12-7-9(14(18)19)5-6-16-12/h1-7,20H,8H2,(H,18,19)/b17-13+. The lowest BCUT2D eigenvalue weighted by Gasteiger charge is -2.08. The Morgan fingerprint density at radius 3 is 2.62 bits per heavy atom. The number of nitrogens with zero attached hydrogens (tertiary/aromatic N) is 2. The van der Waals surface area contributed by atoms with Gasteiger partial charge in [-0.15, -0.1) is 0 Å².